The number of amides is 1. The van der Waals surface area contributed by atoms with Crippen molar-refractivity contribution in [3.63, 3.8) is 0 Å². The fourth-order valence-electron chi connectivity index (χ4n) is 6.28. The number of fused-ring (bicyclic) bond motifs is 3. The van der Waals surface area contributed by atoms with Gasteiger partial charge in [-0.05, 0) is 60.6 Å². The first kappa shape index (κ1) is 25.7. The van der Waals surface area contributed by atoms with Crippen LogP contribution in [0.4, 0.5) is 11.4 Å². The quantitative estimate of drug-likeness (QED) is 0.182. The summed E-state index contributed by atoms with van der Waals surface area (Å²) in [5.74, 6) is 0.242. The normalized spacial score (nSPS) is 25.9. The predicted octanol–water partition coefficient (Wildman–Crippen LogP) is 7.63. The molecule has 0 aromatic heterocycles. The summed E-state index contributed by atoms with van der Waals surface area (Å²) >= 11 is 12.3. The molecule has 38 heavy (non-hydrogen) atoms. The maximum absolute atomic E-state index is 13.6. The summed E-state index contributed by atoms with van der Waals surface area (Å²) in [6.45, 7) is 1.58. The van der Waals surface area contributed by atoms with Crippen LogP contribution in [0.3, 0.4) is 0 Å². The van der Waals surface area contributed by atoms with Crippen molar-refractivity contribution in [2.75, 3.05) is 18.4 Å². The first-order valence-corrected chi connectivity index (χ1v) is 15.0. The van der Waals surface area contributed by atoms with Crippen LogP contribution in [0.5, 0.6) is 0 Å². The molecule has 3 aromatic rings. The second kappa shape index (κ2) is 10.5. The van der Waals surface area contributed by atoms with Gasteiger partial charge in [0.2, 0.25) is 0 Å². The third kappa shape index (κ3) is 4.61. The molecule has 6 nitrogen and oxygen atoms in total. The highest BCUT2D eigenvalue weighted by Gasteiger charge is 2.51. The average molecular weight is 613 g/mol. The van der Waals surface area contributed by atoms with Gasteiger partial charge in [-0.2, -0.15) is 0 Å². The van der Waals surface area contributed by atoms with Crippen LogP contribution in [0.2, 0.25) is 0 Å². The zero-order chi connectivity index (χ0) is 26.4. The van der Waals surface area contributed by atoms with E-state index in [2.05, 4.69) is 39.4 Å². The van der Waals surface area contributed by atoms with Crippen molar-refractivity contribution in [2.24, 2.45) is 5.92 Å². The Labute approximate surface area is 239 Å². The van der Waals surface area contributed by atoms with Crippen molar-refractivity contribution in [2.45, 2.75) is 46.7 Å². The molecule has 2 fully saturated rings. The molecule has 1 saturated carbocycles. The highest BCUT2D eigenvalue weighted by molar-refractivity contribution is 9.10. The summed E-state index contributed by atoms with van der Waals surface area (Å²) in [5.41, 5.74) is 3.89. The fourth-order valence-corrected chi connectivity index (χ4v) is 8.49. The molecule has 0 bridgehead atoms. The van der Waals surface area contributed by atoms with Crippen LogP contribution < -0.4 is 5.32 Å². The number of nitro benzene ring substituents is 1. The van der Waals surface area contributed by atoms with Crippen LogP contribution in [0.15, 0.2) is 76.1 Å². The molecule has 1 aliphatic carbocycles. The molecular formula is C29H27BrClN3O3S. The van der Waals surface area contributed by atoms with Gasteiger partial charge in [-0.25, -0.2) is 0 Å². The van der Waals surface area contributed by atoms with Gasteiger partial charge in [-0.3, -0.25) is 14.9 Å². The molecule has 0 spiro atoms. The largest absolute Gasteiger partial charge is 0.377 e. The van der Waals surface area contributed by atoms with Crippen LogP contribution >= 0.6 is 39.3 Å². The first-order chi connectivity index (χ1) is 18.4. The summed E-state index contributed by atoms with van der Waals surface area (Å²) < 4.78 is 1.00. The maximum Gasteiger partial charge on any atom is 0.282 e. The van der Waals surface area contributed by atoms with Crippen molar-refractivity contribution < 1.29 is 9.72 Å². The number of carbonyl (C=O) groups excluding carboxylic acids is 1. The van der Waals surface area contributed by atoms with E-state index in [4.69, 9.17) is 11.6 Å². The molecule has 3 aromatic carbocycles. The maximum atomic E-state index is 13.6. The highest BCUT2D eigenvalue weighted by Crippen LogP contribution is 2.58. The zero-order valence-electron chi connectivity index (χ0n) is 20.6. The number of halogens is 2. The van der Waals surface area contributed by atoms with Gasteiger partial charge in [-0.15, -0.1) is 23.4 Å². The Morgan fingerprint density at radius 3 is 2.53 bits per heavy atom. The number of hydrogen-bond acceptors (Lipinski definition) is 5. The molecule has 1 amide bonds. The van der Waals surface area contributed by atoms with Gasteiger partial charge in [0.05, 0.1) is 32.5 Å². The van der Waals surface area contributed by atoms with Crippen molar-refractivity contribution >= 4 is 56.6 Å². The van der Waals surface area contributed by atoms with E-state index < -0.39 is 0 Å². The summed E-state index contributed by atoms with van der Waals surface area (Å²) in [6, 6.07) is 21.1. The number of hydrogen-bond donors (Lipinski definition) is 1. The van der Waals surface area contributed by atoms with Crippen molar-refractivity contribution in [1.29, 1.82) is 0 Å². The van der Waals surface area contributed by atoms with E-state index in [1.54, 1.807) is 18.2 Å². The van der Waals surface area contributed by atoms with E-state index in [1.807, 2.05) is 35.2 Å². The summed E-state index contributed by atoms with van der Waals surface area (Å²) in [7, 11) is 0. The van der Waals surface area contributed by atoms with Crippen LogP contribution in [0, 0.1) is 16.0 Å². The molecule has 0 unspecified atom stereocenters. The Morgan fingerprint density at radius 2 is 1.79 bits per heavy atom. The van der Waals surface area contributed by atoms with Crippen molar-refractivity contribution in [3.8, 4) is 0 Å². The number of rotatable bonds is 5. The van der Waals surface area contributed by atoms with E-state index in [0.717, 1.165) is 53.6 Å². The number of nitrogens with zero attached hydrogens (tertiary/aromatic N) is 2. The zero-order valence-corrected chi connectivity index (χ0v) is 23.7. The van der Waals surface area contributed by atoms with Crippen molar-refractivity contribution in [1.82, 2.24) is 4.90 Å². The third-order valence-electron chi connectivity index (χ3n) is 8.04. The van der Waals surface area contributed by atoms with Gasteiger partial charge >= 0.3 is 0 Å². The van der Waals surface area contributed by atoms with Crippen LogP contribution in [0.25, 0.3) is 0 Å². The average Bonchev–Trinajstić information content (AvgIpc) is 3.57. The first-order valence-electron chi connectivity index (χ1n) is 12.9. The molecule has 6 rings (SSSR count). The molecule has 1 N–H and O–H groups in total. The van der Waals surface area contributed by atoms with Gasteiger partial charge in [0.25, 0.3) is 11.6 Å². The fraction of sp³-hybridized carbons (Fsp3) is 0.345. The van der Waals surface area contributed by atoms with E-state index in [9.17, 15) is 14.9 Å². The molecule has 0 radical (unpaired) electrons. The standard InChI is InChI=1S/C29H27BrClN3O3S/c30-18-12-10-17(11-13-18)27-21-16-24(38-23-9-2-1-8-22(23)34(36)37)26(31)25(21)19-6-5-7-20(28(19)32-27)29(35)33-14-3-4-15-33/h1-2,5-13,21,24-27,32H,3-4,14-16H2/t21-,24+,25+,26-,27+/m1/s1. The lowest BCUT2D eigenvalue weighted by Crippen LogP contribution is -2.34. The van der Waals surface area contributed by atoms with Gasteiger partial charge in [0, 0.05) is 34.8 Å². The Bertz CT molecular complexity index is 1380. The minimum atomic E-state index is -0.328. The number of nitrogens with one attached hydrogen (secondary N) is 1. The van der Waals surface area contributed by atoms with Crippen LogP contribution in [-0.4, -0.2) is 39.4 Å². The summed E-state index contributed by atoms with van der Waals surface area (Å²) in [4.78, 5) is 27.5. The third-order valence-corrected chi connectivity index (χ3v) is 10.7. The molecule has 2 heterocycles. The number of nitro groups is 1. The smallest absolute Gasteiger partial charge is 0.282 e. The van der Waals surface area contributed by atoms with Crippen molar-refractivity contribution in [3.05, 3.63) is 98.0 Å². The monoisotopic (exact) mass is 611 g/mol. The number of anilines is 1. The Hall–Kier alpha value is -2.55. The molecule has 5 atom stereocenters. The van der Waals surface area contributed by atoms with E-state index in [0.29, 0.717) is 10.5 Å². The molecule has 2 aliphatic heterocycles. The highest BCUT2D eigenvalue weighted by atomic mass is 79.9. The SMILES string of the molecule is O=C(c1cccc2c1N[C@@H](c1ccc(Br)cc1)[C@@H]1C[C@H](Sc3ccccc3[N+](=O)[O-])[C@@H](Cl)[C@@H]21)N1CCCC1. The van der Waals surface area contributed by atoms with Gasteiger partial charge in [-0.1, -0.05) is 52.3 Å². The number of likely N-dealkylation sites (tertiary alicyclic amines) is 1. The lowest BCUT2D eigenvalue weighted by molar-refractivity contribution is -0.387. The number of carbonyl (C=O) groups is 1. The van der Waals surface area contributed by atoms with Crippen LogP contribution in [-0.2, 0) is 0 Å². The number of benzene rings is 3. The van der Waals surface area contributed by atoms with E-state index in [1.165, 1.54) is 11.8 Å². The van der Waals surface area contributed by atoms with E-state index >= 15 is 0 Å². The van der Waals surface area contributed by atoms with Gasteiger partial charge < -0.3 is 10.2 Å². The topological polar surface area (TPSA) is 75.5 Å². The second-order valence-electron chi connectivity index (χ2n) is 10.2. The lowest BCUT2D eigenvalue weighted by Gasteiger charge is -2.39. The Balaban J connectivity index is 1.41. The molecule has 196 valence electrons. The van der Waals surface area contributed by atoms with Gasteiger partial charge in [0.1, 0.15) is 0 Å². The minimum absolute atomic E-state index is 0.00756. The summed E-state index contributed by atoms with van der Waals surface area (Å²) in [6.07, 6.45) is 2.87. The Morgan fingerprint density at radius 1 is 1.05 bits per heavy atom. The van der Waals surface area contributed by atoms with Gasteiger partial charge in [0.15, 0.2) is 0 Å². The predicted molar refractivity (Wildman–Crippen MR) is 155 cm³/mol. The molecule has 3 aliphatic rings. The van der Waals surface area contributed by atoms with E-state index in [-0.39, 0.29) is 45.0 Å². The minimum Gasteiger partial charge on any atom is -0.377 e. The number of para-hydroxylation sites is 2. The number of thioether (sulfide) groups is 1. The number of alkyl halides is 1. The lowest BCUT2D eigenvalue weighted by atomic mass is 9.76. The van der Waals surface area contributed by atoms with Crippen LogP contribution in [0.1, 0.15) is 52.7 Å². The Kier molecular flexibility index (Phi) is 7.14. The second-order valence-corrected chi connectivity index (χ2v) is 12.9. The summed E-state index contributed by atoms with van der Waals surface area (Å²) in [5, 5.41) is 15.2. The molecule has 1 saturated heterocycles. The molecular weight excluding hydrogens is 586 g/mol. The molecule has 9 heteroatoms.